The number of benzene rings is 1. The van der Waals surface area contributed by atoms with Gasteiger partial charge in [-0.15, -0.1) is 0 Å². The van der Waals surface area contributed by atoms with Gasteiger partial charge in [0.1, 0.15) is 0 Å². The van der Waals surface area contributed by atoms with Gasteiger partial charge in [0.2, 0.25) is 0 Å². The predicted molar refractivity (Wildman–Crippen MR) is 84.8 cm³/mol. The average molecular weight is 283 g/mol. The Morgan fingerprint density at radius 2 is 1.95 bits per heavy atom. The third-order valence-corrected chi connectivity index (χ3v) is 4.26. The Balaban J connectivity index is 2.49. The lowest BCUT2D eigenvalue weighted by molar-refractivity contribution is 0.223. The minimum absolute atomic E-state index is 0.208. The number of likely N-dealkylation sites (N-methyl/N-ethyl adjacent to an activating group) is 1. The molecular weight excluding hydrogens is 256 g/mol. The molecule has 0 saturated carbocycles. The Bertz CT molecular complexity index is 390. The second-order valence-electron chi connectivity index (χ2n) is 5.97. The van der Waals surface area contributed by atoms with Crippen LogP contribution in [0.3, 0.4) is 0 Å². The highest BCUT2D eigenvalue weighted by Crippen LogP contribution is 2.17. The maximum atomic E-state index is 6.20. The summed E-state index contributed by atoms with van der Waals surface area (Å²) in [6.07, 6.45) is 1.13. The zero-order valence-electron chi connectivity index (χ0n) is 12.8. The highest BCUT2D eigenvalue weighted by molar-refractivity contribution is 6.31. The van der Waals surface area contributed by atoms with E-state index in [1.54, 1.807) is 0 Å². The van der Waals surface area contributed by atoms with Crippen molar-refractivity contribution >= 4 is 11.6 Å². The second kappa shape index (κ2) is 7.28. The lowest BCUT2D eigenvalue weighted by Gasteiger charge is -2.31. The van der Waals surface area contributed by atoms with Crippen molar-refractivity contribution < 1.29 is 0 Å². The van der Waals surface area contributed by atoms with Gasteiger partial charge in [0.25, 0.3) is 0 Å². The van der Waals surface area contributed by atoms with Crippen molar-refractivity contribution in [1.82, 2.24) is 10.2 Å². The molecule has 0 bridgehead atoms. The van der Waals surface area contributed by atoms with Gasteiger partial charge in [0.05, 0.1) is 0 Å². The van der Waals surface area contributed by atoms with Crippen LogP contribution < -0.4 is 5.32 Å². The molecule has 0 aromatic heterocycles. The minimum atomic E-state index is 0.208. The largest absolute Gasteiger partial charge is 0.310 e. The van der Waals surface area contributed by atoms with Gasteiger partial charge in [-0.2, -0.15) is 0 Å². The lowest BCUT2D eigenvalue weighted by atomic mass is 10.0. The number of nitrogens with one attached hydrogen (secondary N) is 1. The fraction of sp³-hybridized carbons (Fsp3) is 0.625. The van der Waals surface area contributed by atoms with E-state index in [9.17, 15) is 0 Å². The smallest absolute Gasteiger partial charge is 0.0451 e. The van der Waals surface area contributed by atoms with Crippen LogP contribution in [0, 0.1) is 0 Å². The Labute approximate surface area is 123 Å². The van der Waals surface area contributed by atoms with Gasteiger partial charge >= 0.3 is 0 Å². The topological polar surface area (TPSA) is 15.3 Å². The second-order valence-corrected chi connectivity index (χ2v) is 6.38. The molecule has 19 heavy (non-hydrogen) atoms. The molecule has 1 rings (SSSR count). The van der Waals surface area contributed by atoms with Gasteiger partial charge in [-0.3, -0.25) is 4.90 Å². The summed E-state index contributed by atoms with van der Waals surface area (Å²) in [6, 6.07) is 8.53. The lowest BCUT2D eigenvalue weighted by Crippen LogP contribution is -2.46. The normalized spacial score (nSPS) is 13.8. The van der Waals surface area contributed by atoms with E-state index in [1.165, 1.54) is 5.56 Å². The number of rotatable bonds is 7. The van der Waals surface area contributed by atoms with Gasteiger partial charge in [0.15, 0.2) is 0 Å². The summed E-state index contributed by atoms with van der Waals surface area (Å²) < 4.78 is 0. The fourth-order valence-electron chi connectivity index (χ4n) is 1.76. The van der Waals surface area contributed by atoms with Crippen LogP contribution in [-0.4, -0.2) is 30.1 Å². The summed E-state index contributed by atoms with van der Waals surface area (Å²) >= 11 is 6.20. The fourth-order valence-corrected chi connectivity index (χ4v) is 1.95. The molecule has 0 aliphatic heterocycles. The van der Waals surface area contributed by atoms with E-state index in [2.05, 4.69) is 51.0 Å². The van der Waals surface area contributed by atoms with E-state index in [4.69, 9.17) is 11.6 Å². The molecule has 0 fully saturated rings. The Morgan fingerprint density at radius 1 is 1.32 bits per heavy atom. The number of halogens is 1. The summed E-state index contributed by atoms with van der Waals surface area (Å²) in [5, 5.41) is 4.47. The predicted octanol–water partition coefficient (Wildman–Crippen LogP) is 3.94. The molecular formula is C16H27ClN2. The van der Waals surface area contributed by atoms with Crippen molar-refractivity contribution in [2.24, 2.45) is 0 Å². The first kappa shape index (κ1) is 16.5. The zero-order chi connectivity index (χ0) is 14.5. The Morgan fingerprint density at radius 3 is 2.53 bits per heavy atom. The van der Waals surface area contributed by atoms with Crippen LogP contribution in [0.2, 0.25) is 5.02 Å². The quantitative estimate of drug-likeness (QED) is 0.815. The molecule has 2 nitrogen and oxygen atoms in total. The van der Waals surface area contributed by atoms with Crippen LogP contribution in [0.15, 0.2) is 24.3 Å². The standard InChI is InChI=1S/C16H27ClN2/c1-6-16(3,4)18-11-13(2)19(5)12-14-9-7-8-10-15(14)17/h7-10,13,18H,6,11-12H2,1-5H3. The minimum Gasteiger partial charge on any atom is -0.310 e. The molecule has 0 amide bonds. The van der Waals surface area contributed by atoms with E-state index < -0.39 is 0 Å². The summed E-state index contributed by atoms with van der Waals surface area (Å²) in [6.45, 7) is 10.8. The van der Waals surface area contributed by atoms with Gasteiger partial charge < -0.3 is 5.32 Å². The van der Waals surface area contributed by atoms with Crippen molar-refractivity contribution in [3.8, 4) is 0 Å². The van der Waals surface area contributed by atoms with Crippen LogP contribution in [0.1, 0.15) is 39.7 Å². The van der Waals surface area contributed by atoms with Crippen LogP contribution in [0.4, 0.5) is 0 Å². The average Bonchev–Trinajstić information content (AvgIpc) is 2.38. The molecule has 3 heteroatoms. The molecule has 1 atom stereocenters. The van der Waals surface area contributed by atoms with E-state index in [0.29, 0.717) is 6.04 Å². The number of hydrogen-bond donors (Lipinski definition) is 1. The van der Waals surface area contributed by atoms with E-state index in [1.807, 2.05) is 18.2 Å². The third kappa shape index (κ3) is 5.52. The van der Waals surface area contributed by atoms with Crippen molar-refractivity contribution in [2.75, 3.05) is 13.6 Å². The molecule has 1 aromatic rings. The van der Waals surface area contributed by atoms with Crippen molar-refractivity contribution in [3.05, 3.63) is 34.9 Å². The Hall–Kier alpha value is -0.570. The van der Waals surface area contributed by atoms with Gasteiger partial charge in [0, 0.05) is 29.7 Å². The molecule has 0 spiro atoms. The molecule has 0 aliphatic rings. The van der Waals surface area contributed by atoms with Gasteiger partial charge in [-0.25, -0.2) is 0 Å². The molecule has 0 aliphatic carbocycles. The molecule has 0 saturated heterocycles. The third-order valence-electron chi connectivity index (χ3n) is 3.89. The molecule has 1 aromatic carbocycles. The summed E-state index contributed by atoms with van der Waals surface area (Å²) in [5.74, 6) is 0. The maximum Gasteiger partial charge on any atom is 0.0451 e. The molecule has 0 heterocycles. The maximum absolute atomic E-state index is 6.20. The zero-order valence-corrected chi connectivity index (χ0v) is 13.6. The summed E-state index contributed by atoms with van der Waals surface area (Å²) in [4.78, 5) is 2.33. The first-order chi connectivity index (χ1) is 8.85. The van der Waals surface area contributed by atoms with Crippen molar-refractivity contribution in [1.29, 1.82) is 0 Å². The van der Waals surface area contributed by atoms with Crippen LogP contribution in [0.5, 0.6) is 0 Å². The van der Waals surface area contributed by atoms with Crippen LogP contribution >= 0.6 is 11.6 Å². The SMILES string of the molecule is CCC(C)(C)NCC(C)N(C)Cc1ccccc1Cl. The number of hydrogen-bond acceptors (Lipinski definition) is 2. The highest BCUT2D eigenvalue weighted by Gasteiger charge is 2.17. The molecule has 108 valence electrons. The highest BCUT2D eigenvalue weighted by atomic mass is 35.5. The van der Waals surface area contributed by atoms with Gasteiger partial charge in [-0.05, 0) is 45.9 Å². The Kier molecular flexibility index (Phi) is 6.31. The van der Waals surface area contributed by atoms with Crippen LogP contribution in [0.25, 0.3) is 0 Å². The first-order valence-electron chi connectivity index (χ1n) is 7.04. The molecule has 1 unspecified atom stereocenters. The number of nitrogens with zero attached hydrogens (tertiary/aromatic N) is 1. The van der Waals surface area contributed by atoms with E-state index in [0.717, 1.165) is 24.5 Å². The molecule has 0 radical (unpaired) electrons. The summed E-state index contributed by atoms with van der Waals surface area (Å²) in [7, 11) is 2.15. The summed E-state index contributed by atoms with van der Waals surface area (Å²) in [5.41, 5.74) is 1.40. The molecule has 1 N–H and O–H groups in total. The first-order valence-corrected chi connectivity index (χ1v) is 7.42. The van der Waals surface area contributed by atoms with E-state index in [-0.39, 0.29) is 5.54 Å². The monoisotopic (exact) mass is 282 g/mol. The van der Waals surface area contributed by atoms with Crippen LogP contribution in [-0.2, 0) is 6.54 Å². The van der Waals surface area contributed by atoms with Crippen molar-refractivity contribution in [3.63, 3.8) is 0 Å². The van der Waals surface area contributed by atoms with Crippen molar-refractivity contribution in [2.45, 2.75) is 52.2 Å². The van der Waals surface area contributed by atoms with E-state index >= 15 is 0 Å². The van der Waals surface area contributed by atoms with Gasteiger partial charge in [-0.1, -0.05) is 36.7 Å².